The summed E-state index contributed by atoms with van der Waals surface area (Å²) in [6.07, 6.45) is -0.547. The molecule has 0 aliphatic heterocycles. The molecule has 0 aromatic rings. The Morgan fingerprint density at radius 2 is 1.68 bits per heavy atom. The second-order valence-corrected chi connectivity index (χ2v) is 4.24. The van der Waals surface area contributed by atoms with Gasteiger partial charge >= 0.3 is 11.9 Å². The minimum absolute atomic E-state index is 0.000482. The molecule has 0 fully saturated rings. The number of aliphatic hydroxyl groups excluding tert-OH is 3. The Labute approximate surface area is 111 Å². The molecule has 2 unspecified atom stereocenters. The van der Waals surface area contributed by atoms with Gasteiger partial charge in [-0.1, -0.05) is 0 Å². The van der Waals surface area contributed by atoms with Crippen LogP contribution in [-0.4, -0.2) is 57.8 Å². The van der Waals surface area contributed by atoms with Crippen molar-refractivity contribution in [1.29, 1.82) is 0 Å². The van der Waals surface area contributed by atoms with E-state index in [0.29, 0.717) is 19.3 Å². The average Bonchev–Trinajstić information content (AvgIpc) is 2.38. The van der Waals surface area contributed by atoms with Crippen molar-refractivity contribution in [1.82, 2.24) is 0 Å². The molecule has 0 aromatic heterocycles. The SMILES string of the molecule is O=C(O)CCCCC(=O)OC(CCCO)C(O)CO. The summed E-state index contributed by atoms with van der Waals surface area (Å²) < 4.78 is 5.00. The second kappa shape index (κ2) is 10.7. The van der Waals surface area contributed by atoms with Crippen LogP contribution >= 0.6 is 0 Å². The number of hydrogen-bond donors (Lipinski definition) is 4. The third-order valence-corrected chi connectivity index (χ3v) is 2.57. The zero-order valence-corrected chi connectivity index (χ0v) is 10.8. The van der Waals surface area contributed by atoms with Crippen LogP contribution in [0.1, 0.15) is 38.5 Å². The number of carbonyl (C=O) groups excluding carboxylic acids is 1. The summed E-state index contributed by atoms with van der Waals surface area (Å²) in [5, 5.41) is 35.4. The van der Waals surface area contributed by atoms with Crippen LogP contribution in [0.2, 0.25) is 0 Å². The molecule has 112 valence electrons. The zero-order chi connectivity index (χ0) is 14.7. The predicted octanol–water partition coefficient (Wildman–Crippen LogP) is -0.331. The molecule has 0 heterocycles. The molecule has 0 aliphatic rings. The van der Waals surface area contributed by atoms with E-state index in [-0.39, 0.29) is 25.9 Å². The first kappa shape index (κ1) is 17.8. The van der Waals surface area contributed by atoms with Crippen molar-refractivity contribution >= 4 is 11.9 Å². The summed E-state index contributed by atoms with van der Waals surface area (Å²) in [5.74, 6) is -1.45. The van der Waals surface area contributed by atoms with E-state index in [0.717, 1.165) is 0 Å². The average molecular weight is 278 g/mol. The quantitative estimate of drug-likeness (QED) is 0.301. The molecule has 7 heteroatoms. The van der Waals surface area contributed by atoms with E-state index in [2.05, 4.69) is 0 Å². The van der Waals surface area contributed by atoms with E-state index >= 15 is 0 Å². The van der Waals surface area contributed by atoms with Crippen LogP contribution in [0.3, 0.4) is 0 Å². The lowest BCUT2D eigenvalue weighted by Crippen LogP contribution is -2.34. The number of carboxylic acids is 1. The normalized spacial score (nSPS) is 13.8. The molecule has 7 nitrogen and oxygen atoms in total. The molecule has 0 spiro atoms. The number of unbranched alkanes of at least 4 members (excludes halogenated alkanes) is 1. The smallest absolute Gasteiger partial charge is 0.306 e. The van der Waals surface area contributed by atoms with Gasteiger partial charge in [0.05, 0.1) is 6.61 Å². The van der Waals surface area contributed by atoms with Crippen LogP contribution in [0.5, 0.6) is 0 Å². The van der Waals surface area contributed by atoms with Gasteiger partial charge in [-0.15, -0.1) is 0 Å². The van der Waals surface area contributed by atoms with Gasteiger partial charge in [-0.2, -0.15) is 0 Å². The number of aliphatic hydroxyl groups is 3. The number of ether oxygens (including phenoxy) is 1. The van der Waals surface area contributed by atoms with Crippen molar-refractivity contribution < 1.29 is 34.8 Å². The largest absolute Gasteiger partial charge is 0.481 e. The molecule has 0 aromatic carbocycles. The van der Waals surface area contributed by atoms with Crippen molar-refractivity contribution in [2.75, 3.05) is 13.2 Å². The number of aliphatic carboxylic acids is 1. The summed E-state index contributed by atoms with van der Waals surface area (Å²) in [4.78, 5) is 21.7. The Kier molecular flexibility index (Phi) is 10.1. The molecular formula is C12H22O7. The first-order valence-electron chi connectivity index (χ1n) is 6.32. The Balaban J connectivity index is 3.97. The van der Waals surface area contributed by atoms with Gasteiger partial charge in [-0.3, -0.25) is 9.59 Å². The number of carbonyl (C=O) groups is 2. The highest BCUT2D eigenvalue weighted by Gasteiger charge is 2.22. The fourth-order valence-corrected chi connectivity index (χ4v) is 1.51. The van der Waals surface area contributed by atoms with Crippen LogP contribution < -0.4 is 0 Å². The molecular weight excluding hydrogens is 256 g/mol. The van der Waals surface area contributed by atoms with Crippen LogP contribution in [0.25, 0.3) is 0 Å². The maximum Gasteiger partial charge on any atom is 0.306 e. The Morgan fingerprint density at radius 1 is 1.05 bits per heavy atom. The van der Waals surface area contributed by atoms with Gasteiger partial charge in [-0.05, 0) is 25.7 Å². The van der Waals surface area contributed by atoms with E-state index in [1.165, 1.54) is 0 Å². The molecule has 0 saturated carbocycles. The lowest BCUT2D eigenvalue weighted by molar-refractivity contribution is -0.157. The molecule has 0 bridgehead atoms. The first-order valence-corrected chi connectivity index (χ1v) is 6.32. The second-order valence-electron chi connectivity index (χ2n) is 4.24. The zero-order valence-electron chi connectivity index (χ0n) is 10.8. The topological polar surface area (TPSA) is 124 Å². The van der Waals surface area contributed by atoms with Gasteiger partial charge in [-0.25, -0.2) is 0 Å². The van der Waals surface area contributed by atoms with Crippen LogP contribution in [0, 0.1) is 0 Å². The first-order chi connectivity index (χ1) is 9.01. The van der Waals surface area contributed by atoms with E-state index in [4.69, 9.17) is 20.1 Å². The minimum Gasteiger partial charge on any atom is -0.481 e. The summed E-state index contributed by atoms with van der Waals surface area (Å²) in [6, 6.07) is 0. The van der Waals surface area contributed by atoms with Crippen molar-refractivity contribution in [3.8, 4) is 0 Å². The predicted molar refractivity (Wildman–Crippen MR) is 65.4 cm³/mol. The van der Waals surface area contributed by atoms with E-state index in [1.54, 1.807) is 0 Å². The highest BCUT2D eigenvalue weighted by atomic mass is 16.6. The number of rotatable bonds is 11. The lowest BCUT2D eigenvalue weighted by Gasteiger charge is -2.21. The summed E-state index contributed by atoms with van der Waals surface area (Å²) in [6.45, 7) is -0.618. The number of esters is 1. The molecule has 0 rings (SSSR count). The third kappa shape index (κ3) is 9.40. The van der Waals surface area contributed by atoms with Crippen LogP contribution in [-0.2, 0) is 14.3 Å². The van der Waals surface area contributed by atoms with Gasteiger partial charge < -0.3 is 25.2 Å². The Morgan fingerprint density at radius 3 is 2.21 bits per heavy atom. The Bertz CT molecular complexity index is 267. The molecule has 2 atom stereocenters. The van der Waals surface area contributed by atoms with Crippen molar-refractivity contribution in [2.45, 2.75) is 50.7 Å². The van der Waals surface area contributed by atoms with Gasteiger partial charge in [0, 0.05) is 19.4 Å². The molecule has 4 N–H and O–H groups in total. The van der Waals surface area contributed by atoms with Gasteiger partial charge in [0.25, 0.3) is 0 Å². The molecule has 0 amide bonds. The van der Waals surface area contributed by atoms with Crippen molar-refractivity contribution in [3.05, 3.63) is 0 Å². The fraction of sp³-hybridized carbons (Fsp3) is 0.833. The van der Waals surface area contributed by atoms with Crippen LogP contribution in [0.15, 0.2) is 0 Å². The highest BCUT2D eigenvalue weighted by molar-refractivity contribution is 5.70. The van der Waals surface area contributed by atoms with E-state index in [1.807, 2.05) is 0 Å². The molecule has 0 radical (unpaired) electrons. The Hall–Kier alpha value is -1.18. The lowest BCUT2D eigenvalue weighted by atomic mass is 10.1. The number of carboxylic acid groups (broad SMARTS) is 1. The molecule has 19 heavy (non-hydrogen) atoms. The molecule has 0 saturated heterocycles. The standard InChI is InChI=1S/C12H22O7/c13-7-3-4-10(9(15)8-14)19-12(18)6-2-1-5-11(16)17/h9-10,13-15H,1-8H2,(H,16,17). The highest BCUT2D eigenvalue weighted by Crippen LogP contribution is 2.10. The number of hydrogen-bond acceptors (Lipinski definition) is 6. The van der Waals surface area contributed by atoms with Gasteiger partial charge in [0.15, 0.2) is 0 Å². The summed E-state index contributed by atoms with van der Waals surface area (Å²) >= 11 is 0. The third-order valence-electron chi connectivity index (χ3n) is 2.57. The van der Waals surface area contributed by atoms with E-state index in [9.17, 15) is 14.7 Å². The maximum absolute atomic E-state index is 11.5. The van der Waals surface area contributed by atoms with Gasteiger partial charge in [0.2, 0.25) is 0 Å². The summed E-state index contributed by atoms with van der Waals surface area (Å²) in [5.41, 5.74) is 0. The van der Waals surface area contributed by atoms with Gasteiger partial charge in [0.1, 0.15) is 12.2 Å². The van der Waals surface area contributed by atoms with E-state index < -0.39 is 30.8 Å². The summed E-state index contributed by atoms with van der Waals surface area (Å²) in [7, 11) is 0. The monoisotopic (exact) mass is 278 g/mol. The van der Waals surface area contributed by atoms with Crippen molar-refractivity contribution in [2.24, 2.45) is 0 Å². The fourth-order valence-electron chi connectivity index (χ4n) is 1.51. The minimum atomic E-state index is -1.17. The molecule has 0 aliphatic carbocycles. The van der Waals surface area contributed by atoms with Crippen LogP contribution in [0.4, 0.5) is 0 Å². The maximum atomic E-state index is 11.5. The van der Waals surface area contributed by atoms with Crippen molar-refractivity contribution in [3.63, 3.8) is 0 Å².